The molecular formula is C24H19ClN2O3S. The summed E-state index contributed by atoms with van der Waals surface area (Å²) in [6.45, 7) is 1.82. The number of methoxy groups -OCH3 is 1. The van der Waals surface area contributed by atoms with E-state index in [9.17, 15) is 9.59 Å². The van der Waals surface area contributed by atoms with Crippen molar-refractivity contribution >= 4 is 46.6 Å². The van der Waals surface area contributed by atoms with E-state index in [0.29, 0.717) is 27.1 Å². The number of nitrogens with one attached hydrogen (secondary N) is 1. The molecule has 0 saturated heterocycles. The van der Waals surface area contributed by atoms with E-state index >= 15 is 0 Å². The average molecular weight is 451 g/mol. The highest BCUT2D eigenvalue weighted by Crippen LogP contribution is 2.39. The molecule has 4 rings (SSSR count). The summed E-state index contributed by atoms with van der Waals surface area (Å²) in [7, 11) is 1.57. The summed E-state index contributed by atoms with van der Waals surface area (Å²) >= 11 is 7.33. The van der Waals surface area contributed by atoms with Gasteiger partial charge in [0.25, 0.3) is 11.8 Å². The van der Waals surface area contributed by atoms with Crippen molar-refractivity contribution in [3.63, 3.8) is 0 Å². The molecule has 0 unspecified atom stereocenters. The lowest BCUT2D eigenvalue weighted by Gasteiger charge is -2.18. The maximum absolute atomic E-state index is 13.4. The van der Waals surface area contributed by atoms with Gasteiger partial charge in [0.1, 0.15) is 16.4 Å². The lowest BCUT2D eigenvalue weighted by molar-refractivity contribution is -0.120. The number of hydrogen-bond donors (Lipinski definition) is 1. The summed E-state index contributed by atoms with van der Waals surface area (Å²) in [5.41, 5.74) is 2.12. The fourth-order valence-corrected chi connectivity index (χ4v) is 4.43. The van der Waals surface area contributed by atoms with Crippen LogP contribution >= 0.6 is 23.4 Å². The van der Waals surface area contributed by atoms with Crippen molar-refractivity contribution in [1.82, 2.24) is 0 Å². The molecule has 5 nitrogen and oxygen atoms in total. The average Bonchev–Trinajstić information content (AvgIpc) is 2.99. The number of carbonyl (C=O) groups is 2. The van der Waals surface area contributed by atoms with Crippen LogP contribution in [0.1, 0.15) is 5.56 Å². The number of rotatable bonds is 6. The van der Waals surface area contributed by atoms with Crippen molar-refractivity contribution in [2.24, 2.45) is 0 Å². The number of imide groups is 1. The van der Waals surface area contributed by atoms with E-state index in [-0.39, 0.29) is 11.6 Å². The van der Waals surface area contributed by atoms with Gasteiger partial charge in [0, 0.05) is 21.7 Å². The number of hydrogen-bond acceptors (Lipinski definition) is 5. The number of anilines is 2. The van der Waals surface area contributed by atoms with E-state index in [2.05, 4.69) is 5.32 Å². The Morgan fingerprint density at radius 3 is 2.42 bits per heavy atom. The van der Waals surface area contributed by atoms with Crippen LogP contribution in [0, 0.1) is 6.92 Å². The lowest BCUT2D eigenvalue weighted by Crippen LogP contribution is -2.32. The van der Waals surface area contributed by atoms with E-state index in [1.54, 1.807) is 31.4 Å². The maximum Gasteiger partial charge on any atom is 0.283 e. The van der Waals surface area contributed by atoms with Gasteiger partial charge in [0.15, 0.2) is 0 Å². The second-order valence-electron chi connectivity index (χ2n) is 6.85. The molecule has 0 bridgehead atoms. The van der Waals surface area contributed by atoms with Gasteiger partial charge in [-0.15, -0.1) is 0 Å². The van der Waals surface area contributed by atoms with E-state index < -0.39 is 5.91 Å². The van der Waals surface area contributed by atoms with Crippen molar-refractivity contribution in [2.45, 2.75) is 11.8 Å². The number of benzene rings is 3. The third-order valence-electron chi connectivity index (χ3n) is 4.74. The fraction of sp³-hybridized carbons (Fsp3) is 0.0833. The Morgan fingerprint density at radius 2 is 1.71 bits per heavy atom. The number of ether oxygens (including phenoxy) is 1. The summed E-state index contributed by atoms with van der Waals surface area (Å²) in [5.74, 6) is -0.156. The summed E-state index contributed by atoms with van der Waals surface area (Å²) in [6, 6.07) is 21.8. The Morgan fingerprint density at radius 1 is 0.935 bits per heavy atom. The van der Waals surface area contributed by atoms with Crippen molar-refractivity contribution in [3.8, 4) is 5.75 Å². The molecule has 0 atom stereocenters. The molecule has 2 amide bonds. The molecular weight excluding hydrogens is 432 g/mol. The first-order valence-corrected chi connectivity index (χ1v) is 10.7. The van der Waals surface area contributed by atoms with Gasteiger partial charge in [0.2, 0.25) is 0 Å². The fourth-order valence-electron chi connectivity index (χ4n) is 3.25. The van der Waals surface area contributed by atoms with E-state index in [1.807, 2.05) is 55.5 Å². The van der Waals surface area contributed by atoms with E-state index in [0.717, 1.165) is 10.5 Å². The van der Waals surface area contributed by atoms with Crippen molar-refractivity contribution in [1.29, 1.82) is 0 Å². The predicted molar refractivity (Wildman–Crippen MR) is 125 cm³/mol. The Bertz CT molecular complexity index is 1190. The third kappa shape index (κ3) is 4.31. The highest BCUT2D eigenvalue weighted by Gasteiger charge is 2.40. The molecule has 0 spiro atoms. The minimum absolute atomic E-state index is 0.224. The van der Waals surface area contributed by atoms with Crippen LogP contribution in [0.2, 0.25) is 5.02 Å². The topological polar surface area (TPSA) is 58.6 Å². The minimum atomic E-state index is -0.420. The van der Waals surface area contributed by atoms with Crippen LogP contribution in [0.4, 0.5) is 11.4 Å². The highest BCUT2D eigenvalue weighted by atomic mass is 35.5. The Labute approximate surface area is 189 Å². The standard InChI is InChI=1S/C24H19ClN2O3S/c1-15-13-16(25)11-12-20(15)27-23(28)21(26-17-7-6-8-18(14-17)30-2)22(24(27)29)31-19-9-4-3-5-10-19/h3-14,26H,1-2H3. The van der Waals surface area contributed by atoms with Crippen LogP contribution < -0.4 is 15.0 Å². The van der Waals surface area contributed by atoms with Gasteiger partial charge in [-0.1, -0.05) is 47.6 Å². The number of thioether (sulfide) groups is 1. The Balaban J connectivity index is 1.76. The summed E-state index contributed by atoms with van der Waals surface area (Å²) in [4.78, 5) is 29.2. The zero-order chi connectivity index (χ0) is 22.0. The molecule has 0 aliphatic carbocycles. The quantitative estimate of drug-likeness (QED) is 0.492. The summed E-state index contributed by atoms with van der Waals surface area (Å²) in [6.07, 6.45) is 0. The van der Waals surface area contributed by atoms with Crippen LogP contribution in [-0.4, -0.2) is 18.9 Å². The Hall–Kier alpha value is -3.22. The van der Waals surface area contributed by atoms with Crippen LogP contribution in [-0.2, 0) is 9.59 Å². The van der Waals surface area contributed by atoms with E-state index in [4.69, 9.17) is 16.3 Å². The van der Waals surface area contributed by atoms with Gasteiger partial charge in [0.05, 0.1) is 12.8 Å². The number of amides is 2. The molecule has 3 aromatic rings. The number of carbonyl (C=O) groups excluding carboxylic acids is 2. The van der Waals surface area contributed by atoms with Crippen LogP contribution in [0.15, 0.2) is 88.3 Å². The van der Waals surface area contributed by atoms with Crippen molar-refractivity contribution in [3.05, 3.63) is 94.0 Å². The monoisotopic (exact) mass is 450 g/mol. The largest absolute Gasteiger partial charge is 0.497 e. The molecule has 1 N–H and O–H groups in total. The molecule has 3 aromatic carbocycles. The number of halogens is 1. The normalized spacial score (nSPS) is 13.7. The van der Waals surface area contributed by atoms with Gasteiger partial charge in [-0.2, -0.15) is 0 Å². The molecule has 31 heavy (non-hydrogen) atoms. The second kappa shape index (κ2) is 8.88. The molecule has 0 fully saturated rings. The van der Waals surface area contributed by atoms with Crippen LogP contribution in [0.25, 0.3) is 0 Å². The molecule has 0 radical (unpaired) electrons. The van der Waals surface area contributed by atoms with Crippen molar-refractivity contribution < 1.29 is 14.3 Å². The first-order valence-electron chi connectivity index (χ1n) is 9.51. The number of aryl methyl sites for hydroxylation is 1. The first kappa shape index (κ1) is 21.0. The molecule has 7 heteroatoms. The van der Waals surface area contributed by atoms with Crippen LogP contribution in [0.3, 0.4) is 0 Å². The minimum Gasteiger partial charge on any atom is -0.497 e. The molecule has 0 aromatic heterocycles. The Kier molecular flexibility index (Phi) is 6.02. The zero-order valence-corrected chi connectivity index (χ0v) is 18.5. The number of nitrogens with zero attached hydrogens (tertiary/aromatic N) is 1. The zero-order valence-electron chi connectivity index (χ0n) is 16.9. The molecule has 0 saturated carbocycles. The summed E-state index contributed by atoms with van der Waals surface area (Å²) in [5, 5.41) is 3.68. The summed E-state index contributed by atoms with van der Waals surface area (Å²) < 4.78 is 5.27. The first-order chi connectivity index (χ1) is 15.0. The molecule has 1 aliphatic rings. The highest BCUT2D eigenvalue weighted by molar-refractivity contribution is 8.04. The molecule has 1 aliphatic heterocycles. The van der Waals surface area contributed by atoms with Gasteiger partial charge < -0.3 is 10.1 Å². The van der Waals surface area contributed by atoms with E-state index in [1.165, 1.54) is 16.7 Å². The van der Waals surface area contributed by atoms with Gasteiger partial charge >= 0.3 is 0 Å². The SMILES string of the molecule is COc1cccc(NC2=C(Sc3ccccc3)C(=O)N(c3ccc(Cl)cc3C)C2=O)c1. The van der Waals surface area contributed by atoms with Gasteiger partial charge in [-0.25, -0.2) is 4.90 Å². The van der Waals surface area contributed by atoms with Gasteiger partial charge in [-0.3, -0.25) is 9.59 Å². The third-order valence-corrected chi connectivity index (χ3v) is 6.07. The molecule has 156 valence electrons. The lowest BCUT2D eigenvalue weighted by atomic mass is 10.2. The smallest absolute Gasteiger partial charge is 0.283 e. The van der Waals surface area contributed by atoms with Crippen molar-refractivity contribution in [2.75, 3.05) is 17.3 Å². The molecule has 1 heterocycles. The van der Waals surface area contributed by atoms with Crippen LogP contribution in [0.5, 0.6) is 5.75 Å². The second-order valence-corrected chi connectivity index (χ2v) is 8.37. The predicted octanol–water partition coefficient (Wildman–Crippen LogP) is 5.65. The maximum atomic E-state index is 13.4. The van der Waals surface area contributed by atoms with Gasteiger partial charge in [-0.05, 0) is 55.0 Å².